The minimum absolute atomic E-state index is 0.167. The molecule has 0 saturated heterocycles. The molecule has 0 aliphatic heterocycles. The highest BCUT2D eigenvalue weighted by Crippen LogP contribution is 2.34. The Morgan fingerprint density at radius 1 is 1.05 bits per heavy atom. The van der Waals surface area contributed by atoms with Gasteiger partial charge in [-0.3, -0.25) is 4.99 Å². The lowest BCUT2D eigenvalue weighted by Gasteiger charge is -2.11. The molecule has 0 unspecified atom stereocenters. The van der Waals surface area contributed by atoms with Crippen molar-refractivity contribution in [2.75, 3.05) is 0 Å². The third-order valence-electron chi connectivity index (χ3n) is 3.36. The van der Waals surface area contributed by atoms with Gasteiger partial charge in [-0.25, -0.2) is 0 Å². The van der Waals surface area contributed by atoms with Crippen molar-refractivity contribution < 1.29 is 10.2 Å². The van der Waals surface area contributed by atoms with Crippen LogP contribution in [0.15, 0.2) is 38.2 Å². The number of halogens is 2. The van der Waals surface area contributed by atoms with Gasteiger partial charge >= 0.3 is 0 Å². The smallest absolute Gasteiger partial charge is 0.143 e. The van der Waals surface area contributed by atoms with E-state index in [1.165, 1.54) is 0 Å². The van der Waals surface area contributed by atoms with Crippen molar-refractivity contribution in [3.8, 4) is 11.5 Å². The van der Waals surface area contributed by atoms with Crippen LogP contribution in [0.2, 0.25) is 0 Å². The summed E-state index contributed by atoms with van der Waals surface area (Å²) >= 11 is 6.61. The van der Waals surface area contributed by atoms with E-state index in [-0.39, 0.29) is 11.7 Å². The summed E-state index contributed by atoms with van der Waals surface area (Å²) in [5.41, 5.74) is 3.47. The summed E-state index contributed by atoms with van der Waals surface area (Å²) in [7, 11) is 0. The van der Waals surface area contributed by atoms with E-state index in [1.807, 2.05) is 26.8 Å². The van der Waals surface area contributed by atoms with E-state index in [0.29, 0.717) is 14.7 Å². The summed E-state index contributed by atoms with van der Waals surface area (Å²) in [6, 6.07) is 7.24. The van der Waals surface area contributed by atoms with E-state index in [2.05, 4.69) is 36.9 Å². The third kappa shape index (κ3) is 3.70. The summed E-state index contributed by atoms with van der Waals surface area (Å²) < 4.78 is 1.21. The monoisotopic (exact) mass is 425 g/mol. The quantitative estimate of drug-likeness (QED) is 0.608. The zero-order valence-electron chi connectivity index (χ0n) is 12.6. The van der Waals surface area contributed by atoms with Gasteiger partial charge in [-0.1, -0.05) is 13.8 Å². The molecule has 2 rings (SSSR count). The number of aliphatic imine (C=N–C) groups is 1. The molecule has 0 atom stereocenters. The second-order valence-corrected chi connectivity index (χ2v) is 7.15. The lowest BCUT2D eigenvalue weighted by molar-refractivity contribution is 0.464. The Morgan fingerprint density at radius 3 is 2.18 bits per heavy atom. The number of hydrogen-bond donors (Lipinski definition) is 2. The molecule has 2 aromatic carbocycles. The Bertz CT molecular complexity index is 717. The van der Waals surface area contributed by atoms with Crippen molar-refractivity contribution in [2.24, 2.45) is 4.99 Å². The molecule has 0 heterocycles. The fourth-order valence-electron chi connectivity index (χ4n) is 2.10. The second-order valence-electron chi connectivity index (χ2n) is 5.44. The van der Waals surface area contributed by atoms with Crippen LogP contribution >= 0.6 is 31.9 Å². The Labute approximate surface area is 147 Å². The van der Waals surface area contributed by atoms with Crippen LogP contribution in [0.25, 0.3) is 0 Å². The van der Waals surface area contributed by atoms with Crippen LogP contribution in [-0.4, -0.2) is 16.4 Å². The van der Waals surface area contributed by atoms with Crippen LogP contribution in [-0.2, 0) is 0 Å². The van der Waals surface area contributed by atoms with Crippen molar-refractivity contribution in [1.82, 2.24) is 0 Å². The zero-order chi connectivity index (χ0) is 16.4. The molecule has 0 amide bonds. The Morgan fingerprint density at radius 2 is 1.64 bits per heavy atom. The minimum Gasteiger partial charge on any atom is -0.508 e. The number of benzene rings is 2. The predicted molar refractivity (Wildman–Crippen MR) is 97.7 cm³/mol. The Hall–Kier alpha value is -1.33. The van der Waals surface area contributed by atoms with Crippen molar-refractivity contribution in [3.63, 3.8) is 0 Å². The molecule has 0 fully saturated rings. The summed E-state index contributed by atoms with van der Waals surface area (Å²) in [4.78, 5) is 4.51. The predicted octanol–water partition coefficient (Wildman–Crippen LogP) is 5.81. The fraction of sp³-hybridized carbons (Fsp3) is 0.235. The topological polar surface area (TPSA) is 52.8 Å². The maximum atomic E-state index is 9.98. The first-order valence-corrected chi connectivity index (χ1v) is 8.43. The standard InChI is InChI=1S/C17H17Br2NO2/c1-9(2)12-7-15(10(3)4-16(12)21)20-8-11-5-13(18)17(22)14(19)6-11/h4-9,21-22H,1-3H3. The van der Waals surface area contributed by atoms with Crippen LogP contribution in [0.1, 0.15) is 36.5 Å². The lowest BCUT2D eigenvalue weighted by Crippen LogP contribution is -1.90. The highest BCUT2D eigenvalue weighted by atomic mass is 79.9. The maximum Gasteiger partial charge on any atom is 0.143 e. The van der Waals surface area contributed by atoms with E-state index >= 15 is 0 Å². The van der Waals surface area contributed by atoms with Gasteiger partial charge in [-0.05, 0) is 85.7 Å². The van der Waals surface area contributed by atoms with E-state index in [1.54, 1.807) is 24.4 Å². The van der Waals surface area contributed by atoms with E-state index in [4.69, 9.17) is 0 Å². The molecule has 22 heavy (non-hydrogen) atoms. The highest BCUT2D eigenvalue weighted by Gasteiger charge is 2.09. The van der Waals surface area contributed by atoms with Crippen molar-refractivity contribution in [3.05, 3.63) is 49.9 Å². The molecule has 0 radical (unpaired) electrons. The molecule has 0 bridgehead atoms. The average molecular weight is 427 g/mol. The van der Waals surface area contributed by atoms with Crippen molar-refractivity contribution in [1.29, 1.82) is 0 Å². The first kappa shape index (κ1) is 17.0. The number of aryl methyl sites for hydroxylation is 1. The van der Waals surface area contributed by atoms with Crippen molar-refractivity contribution >= 4 is 43.8 Å². The van der Waals surface area contributed by atoms with Gasteiger partial charge < -0.3 is 10.2 Å². The minimum atomic E-state index is 0.167. The van der Waals surface area contributed by atoms with E-state index in [9.17, 15) is 10.2 Å². The summed E-state index contributed by atoms with van der Waals surface area (Å²) in [5, 5.41) is 19.7. The fourth-order valence-corrected chi connectivity index (χ4v) is 3.32. The molecule has 0 aliphatic rings. The summed E-state index contributed by atoms with van der Waals surface area (Å²) in [5.74, 6) is 0.702. The number of aromatic hydroxyl groups is 2. The van der Waals surface area contributed by atoms with Crippen LogP contribution in [0.3, 0.4) is 0 Å². The number of phenols is 2. The molecule has 0 aromatic heterocycles. The van der Waals surface area contributed by atoms with Crippen LogP contribution in [0.5, 0.6) is 11.5 Å². The van der Waals surface area contributed by atoms with E-state index < -0.39 is 0 Å². The molecule has 3 nitrogen and oxygen atoms in total. The number of rotatable bonds is 3. The van der Waals surface area contributed by atoms with Gasteiger partial charge in [0.1, 0.15) is 11.5 Å². The van der Waals surface area contributed by atoms with Gasteiger partial charge in [0.2, 0.25) is 0 Å². The molecule has 5 heteroatoms. The molecule has 0 saturated carbocycles. The number of phenolic OH excluding ortho intramolecular Hbond substituents is 2. The molecule has 116 valence electrons. The van der Waals surface area contributed by atoms with Gasteiger partial charge in [0, 0.05) is 6.21 Å². The van der Waals surface area contributed by atoms with Gasteiger partial charge in [0.15, 0.2) is 0 Å². The van der Waals surface area contributed by atoms with Gasteiger partial charge in [-0.15, -0.1) is 0 Å². The van der Waals surface area contributed by atoms with Crippen LogP contribution in [0, 0.1) is 6.92 Å². The molecule has 0 spiro atoms. The van der Waals surface area contributed by atoms with E-state index in [0.717, 1.165) is 22.4 Å². The first-order valence-electron chi connectivity index (χ1n) is 6.85. The number of nitrogens with zero attached hydrogens (tertiary/aromatic N) is 1. The second kappa shape index (κ2) is 6.84. The molecular formula is C17H17Br2NO2. The normalized spacial score (nSPS) is 11.5. The average Bonchev–Trinajstić information content (AvgIpc) is 2.43. The zero-order valence-corrected chi connectivity index (χ0v) is 15.7. The summed E-state index contributed by atoms with van der Waals surface area (Å²) in [6.07, 6.45) is 1.73. The van der Waals surface area contributed by atoms with Gasteiger partial charge in [-0.2, -0.15) is 0 Å². The van der Waals surface area contributed by atoms with Crippen LogP contribution in [0.4, 0.5) is 5.69 Å². The first-order chi connectivity index (χ1) is 10.3. The van der Waals surface area contributed by atoms with Crippen molar-refractivity contribution in [2.45, 2.75) is 26.7 Å². The SMILES string of the molecule is Cc1cc(O)c(C(C)C)cc1N=Cc1cc(Br)c(O)c(Br)c1. The lowest BCUT2D eigenvalue weighted by atomic mass is 9.99. The molecule has 2 aromatic rings. The Kier molecular flexibility index (Phi) is 5.29. The number of hydrogen-bond acceptors (Lipinski definition) is 3. The van der Waals surface area contributed by atoms with Gasteiger partial charge in [0.25, 0.3) is 0 Å². The van der Waals surface area contributed by atoms with Crippen LogP contribution < -0.4 is 0 Å². The third-order valence-corrected chi connectivity index (χ3v) is 4.57. The highest BCUT2D eigenvalue weighted by molar-refractivity contribution is 9.11. The largest absolute Gasteiger partial charge is 0.508 e. The molecular weight excluding hydrogens is 410 g/mol. The molecule has 0 aliphatic carbocycles. The van der Waals surface area contributed by atoms with Gasteiger partial charge in [0.05, 0.1) is 14.6 Å². The molecule has 2 N–H and O–H groups in total. The summed E-state index contributed by atoms with van der Waals surface area (Å²) in [6.45, 7) is 5.98. The maximum absolute atomic E-state index is 9.98. The Balaban J connectivity index is 2.40.